The van der Waals surface area contributed by atoms with Crippen LogP contribution >= 0.6 is 0 Å². The van der Waals surface area contributed by atoms with Crippen molar-refractivity contribution < 1.29 is 4.79 Å². The fourth-order valence-corrected chi connectivity index (χ4v) is 3.80. The Morgan fingerprint density at radius 1 is 1.03 bits per heavy atom. The molecule has 1 saturated heterocycles. The number of carbonyl (C=O) groups is 1. The minimum Gasteiger partial charge on any atom is -0.348 e. The van der Waals surface area contributed by atoms with E-state index in [0.717, 1.165) is 44.7 Å². The number of nitrogens with one attached hydrogen (secondary N) is 1. The van der Waals surface area contributed by atoms with Crippen molar-refractivity contribution in [3.05, 3.63) is 71.3 Å². The third kappa shape index (κ3) is 5.90. The Morgan fingerprint density at radius 2 is 1.76 bits per heavy atom. The maximum absolute atomic E-state index is 12.8. The fraction of sp³-hybridized carbons (Fsp3) is 0.417. The van der Waals surface area contributed by atoms with Crippen LogP contribution in [-0.4, -0.2) is 47.9 Å². The fourth-order valence-electron chi connectivity index (χ4n) is 3.80. The zero-order chi connectivity index (χ0) is 20.6. The standard InChI is InChI=1S/C24H30N4O/c1-19(23-7-4-3-5-8-23)26-24(29)20(2)28-14-6-13-27(15-16-28)18-22-11-9-21(17-25)10-12-22/h3-5,7-12,19-20H,6,13-16,18H2,1-2H3,(H,26,29)/t19-,20+/m1/s1. The van der Waals surface area contributed by atoms with Crippen LogP contribution in [0.5, 0.6) is 0 Å². The number of carbonyl (C=O) groups excluding carboxylic acids is 1. The van der Waals surface area contributed by atoms with Crippen molar-refractivity contribution in [3.63, 3.8) is 0 Å². The van der Waals surface area contributed by atoms with Gasteiger partial charge in [0.05, 0.1) is 23.7 Å². The molecule has 152 valence electrons. The molecule has 1 fully saturated rings. The molecule has 0 unspecified atom stereocenters. The van der Waals surface area contributed by atoms with Crippen molar-refractivity contribution in [2.24, 2.45) is 0 Å². The molecular weight excluding hydrogens is 360 g/mol. The van der Waals surface area contributed by atoms with E-state index in [9.17, 15) is 4.79 Å². The van der Waals surface area contributed by atoms with Crippen LogP contribution in [0.4, 0.5) is 0 Å². The van der Waals surface area contributed by atoms with Crippen LogP contribution in [0, 0.1) is 11.3 Å². The molecule has 2 aromatic rings. The van der Waals surface area contributed by atoms with Crippen LogP contribution in [0.25, 0.3) is 0 Å². The van der Waals surface area contributed by atoms with Gasteiger partial charge in [-0.1, -0.05) is 42.5 Å². The summed E-state index contributed by atoms with van der Waals surface area (Å²) in [4.78, 5) is 17.5. The summed E-state index contributed by atoms with van der Waals surface area (Å²) in [5.74, 6) is 0.0851. The normalized spacial score (nSPS) is 17.7. The first kappa shape index (κ1) is 21.0. The van der Waals surface area contributed by atoms with E-state index in [0.29, 0.717) is 5.56 Å². The Bertz CT molecular complexity index is 828. The third-order valence-corrected chi connectivity index (χ3v) is 5.70. The average molecular weight is 391 g/mol. The topological polar surface area (TPSA) is 59.4 Å². The molecule has 1 heterocycles. The summed E-state index contributed by atoms with van der Waals surface area (Å²) in [5, 5.41) is 12.1. The Morgan fingerprint density at radius 3 is 2.45 bits per heavy atom. The summed E-state index contributed by atoms with van der Waals surface area (Å²) in [6.07, 6.45) is 1.04. The van der Waals surface area contributed by atoms with Crippen LogP contribution in [0.15, 0.2) is 54.6 Å². The molecule has 3 rings (SSSR count). The van der Waals surface area contributed by atoms with Crippen LogP contribution in [0.2, 0.25) is 0 Å². The van der Waals surface area contributed by atoms with Crippen molar-refractivity contribution in [1.82, 2.24) is 15.1 Å². The van der Waals surface area contributed by atoms with Gasteiger partial charge in [-0.3, -0.25) is 14.6 Å². The first-order valence-corrected chi connectivity index (χ1v) is 10.4. The molecule has 1 N–H and O–H groups in total. The Balaban J connectivity index is 1.51. The van der Waals surface area contributed by atoms with Gasteiger partial charge in [0.25, 0.3) is 0 Å². The Labute approximate surface area is 173 Å². The second-order valence-electron chi connectivity index (χ2n) is 7.79. The molecule has 2 aromatic carbocycles. The van der Waals surface area contributed by atoms with E-state index in [2.05, 4.69) is 21.2 Å². The van der Waals surface area contributed by atoms with Crippen molar-refractivity contribution in [1.29, 1.82) is 5.26 Å². The number of nitriles is 1. The van der Waals surface area contributed by atoms with Crippen LogP contribution < -0.4 is 5.32 Å². The van der Waals surface area contributed by atoms with Gasteiger partial charge in [0, 0.05) is 26.2 Å². The summed E-state index contributed by atoms with van der Waals surface area (Å²) in [6, 6.07) is 19.9. The molecule has 5 heteroatoms. The van der Waals surface area contributed by atoms with Gasteiger partial charge in [0.1, 0.15) is 0 Å². The Hall–Kier alpha value is -2.68. The van der Waals surface area contributed by atoms with Gasteiger partial charge in [-0.05, 0) is 50.1 Å². The Kier molecular flexibility index (Phi) is 7.40. The predicted octanol–water partition coefficient (Wildman–Crippen LogP) is 3.33. The molecule has 0 aliphatic carbocycles. The summed E-state index contributed by atoms with van der Waals surface area (Å²) in [7, 11) is 0. The van der Waals surface area contributed by atoms with Crippen LogP contribution in [-0.2, 0) is 11.3 Å². The van der Waals surface area contributed by atoms with Gasteiger partial charge in [0.15, 0.2) is 0 Å². The lowest BCUT2D eigenvalue weighted by Gasteiger charge is -2.28. The van der Waals surface area contributed by atoms with E-state index in [1.54, 1.807) is 0 Å². The summed E-state index contributed by atoms with van der Waals surface area (Å²) in [6.45, 7) is 8.68. The quantitative estimate of drug-likeness (QED) is 0.822. The summed E-state index contributed by atoms with van der Waals surface area (Å²) in [5.41, 5.74) is 3.04. The van der Waals surface area contributed by atoms with Gasteiger partial charge in [-0.25, -0.2) is 0 Å². The molecule has 1 amide bonds. The molecule has 0 radical (unpaired) electrons. The second kappa shape index (κ2) is 10.2. The van der Waals surface area contributed by atoms with Gasteiger partial charge in [-0.2, -0.15) is 5.26 Å². The number of rotatable bonds is 6. The number of nitrogens with zero attached hydrogens (tertiary/aromatic N) is 3. The van der Waals surface area contributed by atoms with Gasteiger partial charge in [0.2, 0.25) is 5.91 Å². The molecule has 0 bridgehead atoms. The molecule has 1 aliphatic rings. The lowest BCUT2D eigenvalue weighted by Crippen LogP contribution is -2.47. The van der Waals surface area contributed by atoms with Crippen molar-refractivity contribution in [3.8, 4) is 6.07 Å². The largest absolute Gasteiger partial charge is 0.348 e. The number of amides is 1. The summed E-state index contributed by atoms with van der Waals surface area (Å²) >= 11 is 0. The minimum atomic E-state index is -0.143. The van der Waals surface area contributed by atoms with Gasteiger partial charge < -0.3 is 5.32 Å². The third-order valence-electron chi connectivity index (χ3n) is 5.70. The van der Waals surface area contributed by atoms with Gasteiger partial charge >= 0.3 is 0 Å². The van der Waals surface area contributed by atoms with Crippen LogP contribution in [0.3, 0.4) is 0 Å². The SMILES string of the molecule is C[C@@H](NC(=O)[C@H](C)N1CCCN(Cc2ccc(C#N)cc2)CC1)c1ccccc1. The lowest BCUT2D eigenvalue weighted by molar-refractivity contribution is -0.126. The van der Waals surface area contributed by atoms with E-state index in [1.807, 2.05) is 68.4 Å². The highest BCUT2D eigenvalue weighted by molar-refractivity contribution is 5.81. The molecule has 5 nitrogen and oxygen atoms in total. The summed E-state index contributed by atoms with van der Waals surface area (Å²) < 4.78 is 0. The van der Waals surface area contributed by atoms with Crippen molar-refractivity contribution >= 4 is 5.91 Å². The monoisotopic (exact) mass is 390 g/mol. The molecule has 0 spiro atoms. The molecule has 0 aromatic heterocycles. The first-order chi connectivity index (χ1) is 14.1. The minimum absolute atomic E-state index is 0.00556. The lowest BCUT2D eigenvalue weighted by atomic mass is 10.1. The average Bonchev–Trinajstić information content (AvgIpc) is 3.00. The highest BCUT2D eigenvalue weighted by Crippen LogP contribution is 2.14. The highest BCUT2D eigenvalue weighted by Gasteiger charge is 2.25. The first-order valence-electron chi connectivity index (χ1n) is 10.4. The zero-order valence-corrected chi connectivity index (χ0v) is 17.3. The van der Waals surface area contributed by atoms with E-state index in [1.165, 1.54) is 5.56 Å². The molecule has 29 heavy (non-hydrogen) atoms. The molecule has 1 aliphatic heterocycles. The highest BCUT2D eigenvalue weighted by atomic mass is 16.2. The number of hydrogen-bond acceptors (Lipinski definition) is 4. The number of benzene rings is 2. The second-order valence-corrected chi connectivity index (χ2v) is 7.79. The molecule has 0 saturated carbocycles. The van der Waals surface area contributed by atoms with E-state index in [-0.39, 0.29) is 18.0 Å². The predicted molar refractivity (Wildman–Crippen MR) is 115 cm³/mol. The van der Waals surface area contributed by atoms with Crippen molar-refractivity contribution in [2.45, 2.75) is 38.9 Å². The zero-order valence-electron chi connectivity index (χ0n) is 17.3. The smallest absolute Gasteiger partial charge is 0.237 e. The maximum Gasteiger partial charge on any atom is 0.237 e. The van der Waals surface area contributed by atoms with E-state index in [4.69, 9.17) is 5.26 Å². The van der Waals surface area contributed by atoms with Crippen LogP contribution in [0.1, 0.15) is 43.0 Å². The van der Waals surface area contributed by atoms with Gasteiger partial charge in [-0.15, -0.1) is 0 Å². The van der Waals surface area contributed by atoms with E-state index < -0.39 is 0 Å². The van der Waals surface area contributed by atoms with Crippen molar-refractivity contribution in [2.75, 3.05) is 26.2 Å². The van der Waals surface area contributed by atoms with E-state index >= 15 is 0 Å². The number of hydrogen-bond donors (Lipinski definition) is 1. The molecule has 2 atom stereocenters. The maximum atomic E-state index is 12.8. The molecular formula is C24H30N4O.